The van der Waals surface area contributed by atoms with E-state index in [4.69, 9.17) is 4.55 Å². The number of hydrogen-bond donors (Lipinski definition) is 1. The summed E-state index contributed by atoms with van der Waals surface area (Å²) in [6.45, 7) is 0. The molecule has 0 saturated heterocycles. The molecular formula is C12H4F9InO3S. The summed E-state index contributed by atoms with van der Waals surface area (Å²) in [6, 6.07) is 0. The SMILES string of the molecule is O=S(=O)(O)c1c(F)c(F)c(F)c(-c2c(F)c(F)c(F)c(F)c2F)c1F.[InH3]. The van der Waals surface area contributed by atoms with E-state index < -0.39 is 78.5 Å². The third-order valence-electron chi connectivity index (χ3n) is 2.94. The third kappa shape index (κ3) is 3.29. The summed E-state index contributed by atoms with van der Waals surface area (Å²) < 4.78 is 151. The van der Waals surface area contributed by atoms with Crippen molar-refractivity contribution in [3.05, 3.63) is 52.4 Å². The summed E-state index contributed by atoms with van der Waals surface area (Å²) in [5.41, 5.74) is -4.81. The maximum atomic E-state index is 14.0. The van der Waals surface area contributed by atoms with Gasteiger partial charge in [-0.2, -0.15) is 8.42 Å². The second-order valence-electron chi connectivity index (χ2n) is 4.38. The van der Waals surface area contributed by atoms with E-state index in [1.165, 1.54) is 0 Å². The summed E-state index contributed by atoms with van der Waals surface area (Å²) in [4.78, 5) is -2.58. The van der Waals surface area contributed by atoms with Crippen molar-refractivity contribution in [2.45, 2.75) is 4.90 Å². The molecule has 3 nitrogen and oxygen atoms in total. The van der Waals surface area contributed by atoms with Gasteiger partial charge in [-0.1, -0.05) is 0 Å². The summed E-state index contributed by atoms with van der Waals surface area (Å²) in [6.07, 6.45) is 0. The normalized spacial score (nSPS) is 11.5. The fourth-order valence-electron chi connectivity index (χ4n) is 1.88. The van der Waals surface area contributed by atoms with E-state index in [2.05, 4.69) is 0 Å². The minimum absolute atomic E-state index is 0. The molecule has 0 fully saturated rings. The molecule has 2 rings (SSSR count). The second-order valence-corrected chi connectivity index (χ2v) is 5.74. The summed E-state index contributed by atoms with van der Waals surface area (Å²) in [5, 5.41) is 0. The van der Waals surface area contributed by atoms with E-state index in [-0.39, 0.29) is 25.8 Å². The van der Waals surface area contributed by atoms with E-state index in [0.717, 1.165) is 0 Å². The Kier molecular flexibility index (Phi) is 6.36. The Balaban J connectivity index is 0.00000338. The van der Waals surface area contributed by atoms with Gasteiger partial charge in [0.1, 0.15) is 0 Å². The molecule has 0 saturated carbocycles. The molecule has 14 heteroatoms. The molecule has 0 atom stereocenters. The Morgan fingerprint density at radius 1 is 0.500 bits per heavy atom. The van der Waals surface area contributed by atoms with Crippen molar-refractivity contribution < 1.29 is 52.5 Å². The zero-order chi connectivity index (χ0) is 19.4. The van der Waals surface area contributed by atoms with Crippen molar-refractivity contribution in [3.63, 3.8) is 0 Å². The van der Waals surface area contributed by atoms with Gasteiger partial charge in [-0.3, -0.25) is 4.55 Å². The molecule has 2 aromatic carbocycles. The summed E-state index contributed by atoms with van der Waals surface area (Å²) >= 11 is 0. The number of rotatable bonds is 2. The monoisotopic (exact) mass is 514 g/mol. The first-order valence-corrected chi connectivity index (χ1v) is 7.11. The van der Waals surface area contributed by atoms with Crippen molar-refractivity contribution in [1.82, 2.24) is 0 Å². The average molecular weight is 514 g/mol. The Morgan fingerprint density at radius 3 is 1.12 bits per heavy atom. The van der Waals surface area contributed by atoms with E-state index in [1.54, 1.807) is 0 Å². The topological polar surface area (TPSA) is 54.4 Å². The molecule has 26 heavy (non-hydrogen) atoms. The average Bonchev–Trinajstić information content (AvgIpc) is 2.51. The van der Waals surface area contributed by atoms with Crippen LogP contribution >= 0.6 is 0 Å². The molecule has 1 N–H and O–H groups in total. The van der Waals surface area contributed by atoms with Gasteiger partial charge in [-0.05, 0) is 0 Å². The van der Waals surface area contributed by atoms with Crippen LogP contribution in [0.25, 0.3) is 11.1 Å². The number of benzene rings is 2. The molecule has 0 radical (unpaired) electrons. The fourth-order valence-corrected chi connectivity index (χ4v) is 2.53. The maximum absolute atomic E-state index is 14.0. The van der Waals surface area contributed by atoms with Crippen molar-refractivity contribution in [2.24, 2.45) is 0 Å². The van der Waals surface area contributed by atoms with Crippen LogP contribution in [0.4, 0.5) is 39.5 Å². The number of hydrogen-bond acceptors (Lipinski definition) is 2. The van der Waals surface area contributed by atoms with Crippen LogP contribution in [-0.2, 0) is 10.1 Å². The van der Waals surface area contributed by atoms with Gasteiger partial charge in [0.2, 0.25) is 5.82 Å². The van der Waals surface area contributed by atoms with Crippen molar-refractivity contribution >= 4 is 36.0 Å². The van der Waals surface area contributed by atoms with Crippen LogP contribution in [0.15, 0.2) is 4.90 Å². The molecule has 0 amide bonds. The van der Waals surface area contributed by atoms with Gasteiger partial charge in [0.15, 0.2) is 51.4 Å². The molecule has 2 aromatic rings. The van der Waals surface area contributed by atoms with Gasteiger partial charge in [-0.15, -0.1) is 0 Å². The molecule has 0 aliphatic carbocycles. The van der Waals surface area contributed by atoms with Crippen molar-refractivity contribution in [2.75, 3.05) is 0 Å². The van der Waals surface area contributed by atoms with Crippen molar-refractivity contribution in [1.29, 1.82) is 0 Å². The van der Waals surface area contributed by atoms with Crippen LogP contribution in [0.5, 0.6) is 0 Å². The molecule has 0 bridgehead atoms. The molecule has 0 unspecified atom stereocenters. The Hall–Kier alpha value is -1.41. The minimum atomic E-state index is -5.95. The first kappa shape index (κ1) is 22.6. The predicted molar refractivity (Wildman–Crippen MR) is 71.3 cm³/mol. The van der Waals surface area contributed by atoms with Crippen LogP contribution in [0, 0.1) is 52.4 Å². The van der Waals surface area contributed by atoms with Gasteiger partial charge >= 0.3 is 36.0 Å². The van der Waals surface area contributed by atoms with Gasteiger partial charge in [-0.25, -0.2) is 39.5 Å². The molecule has 0 aromatic heterocycles. The summed E-state index contributed by atoms with van der Waals surface area (Å²) in [5.74, 6) is -25.0. The van der Waals surface area contributed by atoms with E-state index in [9.17, 15) is 47.9 Å². The zero-order valence-corrected chi connectivity index (χ0v) is 11.9. The van der Waals surface area contributed by atoms with Crippen LogP contribution in [-0.4, -0.2) is 38.8 Å². The van der Waals surface area contributed by atoms with Gasteiger partial charge in [0.25, 0.3) is 0 Å². The van der Waals surface area contributed by atoms with Gasteiger partial charge in [0.05, 0.1) is 11.1 Å². The second kappa shape index (κ2) is 7.31. The quantitative estimate of drug-likeness (QED) is 0.291. The van der Waals surface area contributed by atoms with E-state index in [0.29, 0.717) is 0 Å². The fraction of sp³-hybridized carbons (Fsp3) is 0. The van der Waals surface area contributed by atoms with Crippen LogP contribution < -0.4 is 0 Å². The zero-order valence-electron chi connectivity index (χ0n) is 11.1. The van der Waals surface area contributed by atoms with Gasteiger partial charge < -0.3 is 0 Å². The van der Waals surface area contributed by atoms with E-state index >= 15 is 0 Å². The molecule has 0 spiro atoms. The first-order chi connectivity index (χ1) is 11.3. The standard InChI is InChI=1S/C12HF9O3S.In.3H/c13-3-1(4(14)8(18)10(20)7(3)17)2-5(15)9(19)11(21)12(6(2)16)25(22,23)24;;;;/h(H,22,23,24);;;;. The Labute approximate surface area is 157 Å². The molecule has 0 aliphatic heterocycles. The van der Waals surface area contributed by atoms with E-state index in [1.807, 2.05) is 0 Å². The number of halogens is 9. The molecule has 142 valence electrons. The van der Waals surface area contributed by atoms with Crippen molar-refractivity contribution in [3.8, 4) is 11.1 Å². The first-order valence-electron chi connectivity index (χ1n) is 5.67. The van der Waals surface area contributed by atoms with Crippen LogP contribution in [0.2, 0.25) is 0 Å². The third-order valence-corrected chi connectivity index (χ3v) is 3.82. The Bertz CT molecular complexity index is 995. The molecular weight excluding hydrogens is 510 g/mol. The van der Waals surface area contributed by atoms with Crippen LogP contribution in [0.3, 0.4) is 0 Å². The molecule has 0 heterocycles. The summed E-state index contributed by atoms with van der Waals surface area (Å²) in [7, 11) is -5.95. The van der Waals surface area contributed by atoms with Crippen LogP contribution in [0.1, 0.15) is 0 Å². The Morgan fingerprint density at radius 2 is 0.769 bits per heavy atom. The molecule has 0 aliphatic rings. The predicted octanol–water partition coefficient (Wildman–Crippen LogP) is 2.67. The van der Waals surface area contributed by atoms with Gasteiger partial charge in [0, 0.05) is 0 Å².